The average Bonchev–Trinajstić information content (AvgIpc) is 2.49. The van der Waals surface area contributed by atoms with Crippen molar-refractivity contribution in [1.29, 1.82) is 0 Å². The number of hydrogen-bond acceptors (Lipinski definition) is 5. The van der Waals surface area contributed by atoms with Crippen LogP contribution in [0.3, 0.4) is 0 Å². The van der Waals surface area contributed by atoms with Gasteiger partial charge in [0, 0.05) is 6.92 Å². The number of benzene rings is 2. The number of esters is 1. The average molecular weight is 424 g/mol. The Bertz CT molecular complexity index is 745. The molecule has 1 N–H and O–H groups in total. The second kappa shape index (κ2) is 7.96. The molecule has 0 fully saturated rings. The molecule has 2 aromatic rings. The number of carbonyl (C=O) groups is 1. The van der Waals surface area contributed by atoms with Crippen LogP contribution in [0.15, 0.2) is 41.5 Å². The summed E-state index contributed by atoms with van der Waals surface area (Å²) in [5.74, 6) is 0.525. The normalized spacial score (nSPS) is 10.6. The number of nitrogens with one attached hydrogen (secondary N) is 1. The number of aryl methyl sites for hydroxylation is 1. The maximum Gasteiger partial charge on any atom is 0.308 e. The molecular formula is C17H17IN2O3. The van der Waals surface area contributed by atoms with Crippen molar-refractivity contribution in [2.24, 2.45) is 5.10 Å². The fourth-order valence-corrected chi connectivity index (χ4v) is 2.69. The first kappa shape index (κ1) is 17.3. The van der Waals surface area contributed by atoms with Crippen LogP contribution in [0.2, 0.25) is 0 Å². The molecule has 0 atom stereocenters. The molecule has 0 aromatic heterocycles. The summed E-state index contributed by atoms with van der Waals surface area (Å²) in [5.41, 5.74) is 5.89. The van der Waals surface area contributed by atoms with Crippen LogP contribution in [0.1, 0.15) is 18.1 Å². The van der Waals surface area contributed by atoms with Crippen LogP contribution >= 0.6 is 22.6 Å². The highest BCUT2D eigenvalue weighted by molar-refractivity contribution is 14.1. The molecule has 0 saturated heterocycles. The molecule has 0 bridgehead atoms. The van der Waals surface area contributed by atoms with E-state index in [9.17, 15) is 4.79 Å². The molecule has 2 rings (SSSR count). The van der Waals surface area contributed by atoms with Crippen molar-refractivity contribution in [2.45, 2.75) is 13.8 Å². The number of carbonyl (C=O) groups excluding carboxylic acids is 1. The summed E-state index contributed by atoms with van der Waals surface area (Å²) in [6.45, 7) is 3.38. The topological polar surface area (TPSA) is 59.9 Å². The largest absolute Gasteiger partial charge is 0.493 e. The van der Waals surface area contributed by atoms with Crippen LogP contribution in [0.4, 0.5) is 5.69 Å². The maximum absolute atomic E-state index is 11.2. The zero-order valence-electron chi connectivity index (χ0n) is 13.1. The van der Waals surface area contributed by atoms with Gasteiger partial charge in [0.1, 0.15) is 0 Å². The van der Waals surface area contributed by atoms with Gasteiger partial charge in [0.25, 0.3) is 0 Å². The van der Waals surface area contributed by atoms with Crippen molar-refractivity contribution < 1.29 is 14.3 Å². The van der Waals surface area contributed by atoms with Gasteiger partial charge in [-0.1, -0.05) is 12.1 Å². The van der Waals surface area contributed by atoms with Crippen LogP contribution in [0.5, 0.6) is 11.5 Å². The van der Waals surface area contributed by atoms with Gasteiger partial charge < -0.3 is 9.47 Å². The van der Waals surface area contributed by atoms with Crippen molar-refractivity contribution in [2.75, 3.05) is 12.5 Å². The SMILES string of the molecule is COc1cc(/C=N/Nc2cccc(C)c2)cc(I)c1OC(C)=O. The summed E-state index contributed by atoms with van der Waals surface area (Å²) in [6, 6.07) is 11.6. The number of hydrazone groups is 1. The van der Waals surface area contributed by atoms with Gasteiger partial charge in [0.15, 0.2) is 11.5 Å². The smallest absolute Gasteiger partial charge is 0.308 e. The van der Waals surface area contributed by atoms with Crippen LogP contribution in [-0.4, -0.2) is 19.3 Å². The first-order valence-electron chi connectivity index (χ1n) is 6.91. The van der Waals surface area contributed by atoms with Crippen LogP contribution in [-0.2, 0) is 4.79 Å². The predicted molar refractivity (Wildman–Crippen MR) is 99.4 cm³/mol. The molecule has 6 heteroatoms. The minimum atomic E-state index is -0.385. The lowest BCUT2D eigenvalue weighted by molar-refractivity contribution is -0.132. The molecule has 0 aliphatic heterocycles. The van der Waals surface area contributed by atoms with E-state index in [0.29, 0.717) is 11.5 Å². The van der Waals surface area contributed by atoms with E-state index in [1.165, 1.54) is 14.0 Å². The zero-order valence-corrected chi connectivity index (χ0v) is 15.2. The Morgan fingerprint density at radius 1 is 1.30 bits per heavy atom. The van der Waals surface area contributed by atoms with Crippen molar-refractivity contribution >= 4 is 40.5 Å². The summed E-state index contributed by atoms with van der Waals surface area (Å²) in [6.07, 6.45) is 1.69. The third-order valence-corrected chi connectivity index (χ3v) is 3.72. The van der Waals surface area contributed by atoms with Crippen molar-refractivity contribution in [3.05, 3.63) is 51.1 Å². The van der Waals surface area contributed by atoms with Crippen LogP contribution < -0.4 is 14.9 Å². The van der Waals surface area contributed by atoms with Crippen LogP contribution in [0.25, 0.3) is 0 Å². The van der Waals surface area contributed by atoms with E-state index in [4.69, 9.17) is 9.47 Å². The van der Waals surface area contributed by atoms with E-state index >= 15 is 0 Å². The van der Waals surface area contributed by atoms with Gasteiger partial charge in [-0.2, -0.15) is 5.10 Å². The number of anilines is 1. The molecular weight excluding hydrogens is 407 g/mol. The summed E-state index contributed by atoms with van der Waals surface area (Å²) in [5, 5.41) is 4.22. The van der Waals surface area contributed by atoms with E-state index in [-0.39, 0.29) is 5.97 Å². The lowest BCUT2D eigenvalue weighted by atomic mass is 10.2. The first-order valence-corrected chi connectivity index (χ1v) is 7.99. The van der Waals surface area contributed by atoms with Gasteiger partial charge >= 0.3 is 5.97 Å². The van der Waals surface area contributed by atoms with Gasteiger partial charge in [-0.15, -0.1) is 0 Å². The molecule has 0 aliphatic rings. The number of rotatable bonds is 5. The molecule has 0 amide bonds. The Hall–Kier alpha value is -2.09. The van der Waals surface area contributed by atoms with Crippen molar-refractivity contribution in [3.63, 3.8) is 0 Å². The Balaban J connectivity index is 2.18. The molecule has 5 nitrogen and oxygen atoms in total. The highest BCUT2D eigenvalue weighted by Crippen LogP contribution is 2.33. The molecule has 0 radical (unpaired) electrons. The van der Waals surface area contributed by atoms with Gasteiger partial charge in [-0.05, 0) is 64.9 Å². The number of ether oxygens (including phenoxy) is 2. The monoisotopic (exact) mass is 424 g/mol. The second-order valence-corrected chi connectivity index (χ2v) is 6.03. The third kappa shape index (κ3) is 4.95. The molecule has 0 unspecified atom stereocenters. The van der Waals surface area contributed by atoms with E-state index in [1.54, 1.807) is 12.3 Å². The molecule has 0 heterocycles. The fourth-order valence-electron chi connectivity index (χ4n) is 1.95. The lowest BCUT2D eigenvalue weighted by Gasteiger charge is -2.11. The zero-order chi connectivity index (χ0) is 16.8. The molecule has 0 spiro atoms. The first-order chi connectivity index (χ1) is 11.0. The minimum absolute atomic E-state index is 0.385. The number of hydrogen-bond donors (Lipinski definition) is 1. The predicted octanol–water partition coefficient (Wildman–Crippen LogP) is 3.98. The second-order valence-electron chi connectivity index (χ2n) is 4.87. The van der Waals surface area contributed by atoms with Crippen molar-refractivity contribution in [1.82, 2.24) is 0 Å². The Morgan fingerprint density at radius 2 is 2.09 bits per heavy atom. The summed E-state index contributed by atoms with van der Waals surface area (Å²) >= 11 is 2.10. The Kier molecular flexibility index (Phi) is 5.97. The van der Waals surface area contributed by atoms with Crippen LogP contribution in [0, 0.1) is 10.5 Å². The summed E-state index contributed by atoms with van der Waals surface area (Å²) < 4.78 is 11.2. The minimum Gasteiger partial charge on any atom is -0.493 e. The molecule has 2 aromatic carbocycles. The number of halogens is 1. The quantitative estimate of drug-likeness (QED) is 0.259. The molecule has 0 saturated carbocycles. The van der Waals surface area contributed by atoms with Gasteiger partial charge in [0.2, 0.25) is 0 Å². The van der Waals surface area contributed by atoms with E-state index in [0.717, 1.165) is 20.4 Å². The van der Waals surface area contributed by atoms with E-state index in [2.05, 4.69) is 33.1 Å². The molecule has 120 valence electrons. The highest BCUT2D eigenvalue weighted by Gasteiger charge is 2.13. The Labute approximate surface area is 148 Å². The maximum atomic E-state index is 11.2. The van der Waals surface area contributed by atoms with Crippen molar-refractivity contribution in [3.8, 4) is 11.5 Å². The molecule has 0 aliphatic carbocycles. The third-order valence-electron chi connectivity index (χ3n) is 2.92. The number of methoxy groups -OCH3 is 1. The standard InChI is InChI=1S/C17H17IN2O3/c1-11-5-4-6-14(7-11)20-19-10-13-8-15(18)17(23-12(2)21)16(9-13)22-3/h4-10,20H,1-3H3/b19-10+. The lowest BCUT2D eigenvalue weighted by Crippen LogP contribution is -2.05. The van der Waals surface area contributed by atoms with E-state index < -0.39 is 0 Å². The summed E-state index contributed by atoms with van der Waals surface area (Å²) in [7, 11) is 1.53. The number of nitrogens with zero attached hydrogens (tertiary/aromatic N) is 1. The molecule has 23 heavy (non-hydrogen) atoms. The van der Waals surface area contributed by atoms with Gasteiger partial charge in [-0.25, -0.2) is 0 Å². The Morgan fingerprint density at radius 3 is 2.74 bits per heavy atom. The fraction of sp³-hybridized carbons (Fsp3) is 0.176. The van der Waals surface area contributed by atoms with Gasteiger partial charge in [-0.3, -0.25) is 10.2 Å². The van der Waals surface area contributed by atoms with Gasteiger partial charge in [0.05, 0.1) is 22.6 Å². The summed E-state index contributed by atoms with van der Waals surface area (Å²) in [4.78, 5) is 11.2. The van der Waals surface area contributed by atoms with E-state index in [1.807, 2.05) is 37.3 Å². The highest BCUT2D eigenvalue weighted by atomic mass is 127.